The third-order valence-corrected chi connectivity index (χ3v) is 3.52. The van der Waals surface area contributed by atoms with Crippen molar-refractivity contribution in [3.63, 3.8) is 0 Å². The zero-order chi connectivity index (χ0) is 11.2. The van der Waals surface area contributed by atoms with Crippen molar-refractivity contribution in [3.05, 3.63) is 0 Å². The highest BCUT2D eigenvalue weighted by atomic mass is 16.3. The fourth-order valence-electron chi connectivity index (χ4n) is 1.77. The molecule has 0 aliphatic carbocycles. The number of aliphatic hydroxyl groups excluding tert-OH is 1. The molecule has 0 heterocycles. The van der Waals surface area contributed by atoms with Crippen LogP contribution >= 0.6 is 0 Å². The van der Waals surface area contributed by atoms with Crippen LogP contribution in [0.3, 0.4) is 0 Å². The maximum atomic E-state index is 10.3. The molecule has 0 aliphatic rings. The van der Waals surface area contributed by atoms with Crippen molar-refractivity contribution in [1.29, 1.82) is 0 Å². The summed E-state index contributed by atoms with van der Waals surface area (Å²) >= 11 is 0. The van der Waals surface area contributed by atoms with Crippen molar-refractivity contribution in [2.75, 3.05) is 0 Å². The molecule has 0 saturated heterocycles. The van der Waals surface area contributed by atoms with Gasteiger partial charge in [-0.15, -0.1) is 0 Å². The van der Waals surface area contributed by atoms with Crippen LogP contribution < -0.4 is 0 Å². The highest BCUT2D eigenvalue weighted by Gasteiger charge is 2.30. The molecule has 0 aromatic carbocycles. The molecule has 2 nitrogen and oxygen atoms in total. The molecule has 2 heteroatoms. The van der Waals surface area contributed by atoms with Crippen molar-refractivity contribution in [2.24, 2.45) is 5.92 Å². The van der Waals surface area contributed by atoms with E-state index in [1.807, 2.05) is 13.8 Å². The Bertz CT molecular complexity index is 147. The van der Waals surface area contributed by atoms with Crippen LogP contribution in [0.5, 0.6) is 0 Å². The van der Waals surface area contributed by atoms with Crippen molar-refractivity contribution in [2.45, 2.75) is 71.5 Å². The summed E-state index contributed by atoms with van der Waals surface area (Å²) < 4.78 is 0. The van der Waals surface area contributed by atoms with Crippen LogP contribution in [0, 0.1) is 5.92 Å². The monoisotopic (exact) mass is 202 g/mol. The average Bonchev–Trinajstić information content (AvgIpc) is 2.23. The van der Waals surface area contributed by atoms with E-state index in [0.717, 1.165) is 19.3 Å². The molecule has 0 bridgehead atoms. The molecule has 0 radical (unpaired) electrons. The standard InChI is InChI=1S/C12H26O2/c1-5-10(4)12(14,7-3)9-8-11(13)6-2/h10-11,13-14H,5-9H2,1-4H3. The number of aliphatic hydroxyl groups is 2. The summed E-state index contributed by atoms with van der Waals surface area (Å²) in [5.74, 6) is 0.316. The molecular weight excluding hydrogens is 176 g/mol. The average molecular weight is 202 g/mol. The molecule has 3 atom stereocenters. The molecule has 0 saturated carbocycles. The lowest BCUT2D eigenvalue weighted by atomic mass is 9.80. The van der Waals surface area contributed by atoms with Gasteiger partial charge in [-0.05, 0) is 31.6 Å². The van der Waals surface area contributed by atoms with Gasteiger partial charge in [-0.1, -0.05) is 34.1 Å². The van der Waals surface area contributed by atoms with Crippen LogP contribution in [0.2, 0.25) is 0 Å². The highest BCUT2D eigenvalue weighted by Crippen LogP contribution is 2.29. The second kappa shape index (κ2) is 6.41. The van der Waals surface area contributed by atoms with Crippen LogP contribution in [-0.2, 0) is 0 Å². The summed E-state index contributed by atoms with van der Waals surface area (Å²) in [5.41, 5.74) is -0.578. The zero-order valence-corrected chi connectivity index (χ0v) is 10.1. The molecule has 0 fully saturated rings. The Morgan fingerprint density at radius 2 is 1.71 bits per heavy atom. The first-order chi connectivity index (χ1) is 6.50. The molecule has 2 N–H and O–H groups in total. The maximum Gasteiger partial charge on any atom is 0.0671 e. The largest absolute Gasteiger partial charge is 0.393 e. The Morgan fingerprint density at radius 1 is 1.14 bits per heavy atom. The molecule has 0 aliphatic heterocycles. The van der Waals surface area contributed by atoms with Crippen molar-refractivity contribution in [1.82, 2.24) is 0 Å². The van der Waals surface area contributed by atoms with Crippen LogP contribution in [0.1, 0.15) is 59.8 Å². The Morgan fingerprint density at radius 3 is 2.07 bits per heavy atom. The zero-order valence-electron chi connectivity index (χ0n) is 10.1. The summed E-state index contributed by atoms with van der Waals surface area (Å²) in [7, 11) is 0. The van der Waals surface area contributed by atoms with Gasteiger partial charge in [-0.3, -0.25) is 0 Å². The molecule has 14 heavy (non-hydrogen) atoms. The first kappa shape index (κ1) is 13.9. The molecular formula is C12H26O2. The van der Waals surface area contributed by atoms with E-state index < -0.39 is 5.60 Å². The molecule has 0 rings (SSSR count). The summed E-state index contributed by atoms with van der Waals surface area (Å²) in [6, 6.07) is 0. The van der Waals surface area contributed by atoms with Gasteiger partial charge in [-0.25, -0.2) is 0 Å². The summed E-state index contributed by atoms with van der Waals surface area (Å²) in [6.45, 7) is 8.17. The minimum atomic E-state index is -0.578. The van der Waals surface area contributed by atoms with Crippen molar-refractivity contribution < 1.29 is 10.2 Å². The first-order valence-electron chi connectivity index (χ1n) is 5.90. The van der Waals surface area contributed by atoms with E-state index in [0.29, 0.717) is 18.8 Å². The molecule has 0 spiro atoms. The van der Waals surface area contributed by atoms with Gasteiger partial charge in [0.1, 0.15) is 0 Å². The number of rotatable bonds is 7. The Kier molecular flexibility index (Phi) is 6.38. The normalized spacial score (nSPS) is 20.1. The second-order valence-electron chi connectivity index (χ2n) is 4.37. The lowest BCUT2D eigenvalue weighted by Crippen LogP contribution is -2.36. The van der Waals surface area contributed by atoms with Gasteiger partial charge in [-0.2, -0.15) is 0 Å². The third-order valence-electron chi connectivity index (χ3n) is 3.52. The van der Waals surface area contributed by atoms with E-state index in [9.17, 15) is 10.2 Å². The minimum absolute atomic E-state index is 0.253. The van der Waals surface area contributed by atoms with Gasteiger partial charge in [0, 0.05) is 0 Å². The maximum absolute atomic E-state index is 10.3. The third kappa shape index (κ3) is 3.97. The molecule has 0 amide bonds. The van der Waals surface area contributed by atoms with E-state index in [1.165, 1.54) is 0 Å². The second-order valence-corrected chi connectivity index (χ2v) is 4.37. The summed E-state index contributed by atoms with van der Waals surface area (Å²) in [6.07, 6.45) is 3.72. The Balaban J connectivity index is 4.11. The van der Waals surface area contributed by atoms with Gasteiger partial charge >= 0.3 is 0 Å². The van der Waals surface area contributed by atoms with Gasteiger partial charge < -0.3 is 10.2 Å². The van der Waals surface area contributed by atoms with Crippen molar-refractivity contribution in [3.8, 4) is 0 Å². The van der Waals surface area contributed by atoms with Crippen molar-refractivity contribution >= 4 is 0 Å². The smallest absolute Gasteiger partial charge is 0.0671 e. The van der Waals surface area contributed by atoms with Crippen LogP contribution in [0.15, 0.2) is 0 Å². The fraction of sp³-hybridized carbons (Fsp3) is 1.00. The first-order valence-corrected chi connectivity index (χ1v) is 5.90. The Labute approximate surface area is 88.3 Å². The predicted molar refractivity (Wildman–Crippen MR) is 60.2 cm³/mol. The van der Waals surface area contributed by atoms with E-state index >= 15 is 0 Å². The van der Waals surface area contributed by atoms with Gasteiger partial charge in [0.25, 0.3) is 0 Å². The molecule has 0 aromatic rings. The molecule has 0 aromatic heterocycles. The lowest BCUT2D eigenvalue weighted by Gasteiger charge is -2.33. The SMILES string of the molecule is CCC(O)CCC(O)(CC)C(C)CC. The molecule has 3 unspecified atom stereocenters. The lowest BCUT2D eigenvalue weighted by molar-refractivity contribution is -0.0349. The fourth-order valence-corrected chi connectivity index (χ4v) is 1.77. The Hall–Kier alpha value is -0.0800. The van der Waals surface area contributed by atoms with E-state index in [2.05, 4.69) is 13.8 Å². The quantitative estimate of drug-likeness (QED) is 0.666. The van der Waals surface area contributed by atoms with E-state index in [4.69, 9.17) is 0 Å². The predicted octanol–water partition coefficient (Wildman–Crippen LogP) is 2.72. The summed E-state index contributed by atoms with van der Waals surface area (Å²) in [4.78, 5) is 0. The van der Waals surface area contributed by atoms with Crippen LogP contribution in [0.4, 0.5) is 0 Å². The van der Waals surface area contributed by atoms with Gasteiger partial charge in [0.05, 0.1) is 11.7 Å². The number of hydrogen-bond acceptors (Lipinski definition) is 2. The summed E-state index contributed by atoms with van der Waals surface area (Å²) in [5, 5.41) is 19.8. The van der Waals surface area contributed by atoms with Crippen LogP contribution in [0.25, 0.3) is 0 Å². The van der Waals surface area contributed by atoms with E-state index in [-0.39, 0.29) is 6.10 Å². The van der Waals surface area contributed by atoms with Crippen LogP contribution in [-0.4, -0.2) is 21.9 Å². The molecule has 86 valence electrons. The number of hydrogen-bond donors (Lipinski definition) is 2. The van der Waals surface area contributed by atoms with E-state index in [1.54, 1.807) is 0 Å². The highest BCUT2D eigenvalue weighted by molar-refractivity contribution is 4.82. The van der Waals surface area contributed by atoms with Gasteiger partial charge in [0.2, 0.25) is 0 Å². The minimum Gasteiger partial charge on any atom is -0.393 e. The topological polar surface area (TPSA) is 40.5 Å². The van der Waals surface area contributed by atoms with Gasteiger partial charge in [0.15, 0.2) is 0 Å².